The predicted molar refractivity (Wildman–Crippen MR) is 75.7 cm³/mol. The minimum atomic E-state index is -1.07. The summed E-state index contributed by atoms with van der Waals surface area (Å²) in [5.74, 6) is -1.07. The number of pyridine rings is 2. The number of hydrogen-bond donors (Lipinski definition) is 1. The molecule has 0 aromatic carbocycles. The molecule has 0 aliphatic heterocycles. The summed E-state index contributed by atoms with van der Waals surface area (Å²) in [6, 6.07) is 4.48. The highest BCUT2D eigenvalue weighted by molar-refractivity contribution is 7.99. The fourth-order valence-electron chi connectivity index (χ4n) is 1.78. The molecular formula is C13H11N3O4S. The maximum Gasteiger partial charge on any atom is 0.338 e. The van der Waals surface area contributed by atoms with Crippen molar-refractivity contribution in [2.45, 2.75) is 23.9 Å². The highest BCUT2D eigenvalue weighted by Crippen LogP contribution is 2.30. The minimum absolute atomic E-state index is 0.116. The molecule has 8 heteroatoms. The number of carboxylic acid groups (broad SMARTS) is 1. The molecule has 0 unspecified atom stereocenters. The van der Waals surface area contributed by atoms with Gasteiger partial charge in [-0.25, -0.2) is 14.8 Å². The molecule has 0 atom stereocenters. The number of aromatic nitrogens is 2. The Hall–Kier alpha value is -2.48. The molecule has 0 fully saturated rings. The van der Waals surface area contributed by atoms with Gasteiger partial charge in [0.1, 0.15) is 16.2 Å². The van der Waals surface area contributed by atoms with Crippen molar-refractivity contribution in [3.8, 4) is 0 Å². The van der Waals surface area contributed by atoms with Crippen LogP contribution in [0.25, 0.3) is 0 Å². The predicted octanol–water partition coefficient (Wildman–Crippen LogP) is 2.85. The molecule has 1 N–H and O–H groups in total. The number of carboxylic acids is 1. The van der Waals surface area contributed by atoms with E-state index in [-0.39, 0.29) is 11.3 Å². The number of aryl methyl sites for hydroxylation is 2. The number of nitro groups is 1. The van der Waals surface area contributed by atoms with E-state index >= 15 is 0 Å². The van der Waals surface area contributed by atoms with E-state index in [2.05, 4.69) is 9.97 Å². The summed E-state index contributed by atoms with van der Waals surface area (Å²) in [6.45, 7) is 3.47. The van der Waals surface area contributed by atoms with Gasteiger partial charge in [-0.05, 0) is 43.3 Å². The topological polar surface area (TPSA) is 106 Å². The van der Waals surface area contributed by atoms with Gasteiger partial charge in [-0.1, -0.05) is 0 Å². The van der Waals surface area contributed by atoms with Crippen molar-refractivity contribution in [3.05, 3.63) is 51.3 Å². The molecule has 0 aliphatic carbocycles. The van der Waals surface area contributed by atoms with Gasteiger partial charge in [-0.15, -0.1) is 0 Å². The van der Waals surface area contributed by atoms with Crippen LogP contribution in [0, 0.1) is 24.0 Å². The summed E-state index contributed by atoms with van der Waals surface area (Å²) in [5, 5.41) is 20.6. The van der Waals surface area contributed by atoms with Crippen molar-refractivity contribution in [3.63, 3.8) is 0 Å². The molecule has 0 aliphatic rings. The second kappa shape index (κ2) is 5.88. The molecule has 0 radical (unpaired) electrons. The lowest BCUT2D eigenvalue weighted by Crippen LogP contribution is -2.05. The Morgan fingerprint density at radius 1 is 1.38 bits per heavy atom. The first-order valence-corrected chi connectivity index (χ1v) is 6.70. The number of hydrogen-bond acceptors (Lipinski definition) is 6. The first kappa shape index (κ1) is 14.9. The summed E-state index contributed by atoms with van der Waals surface area (Å²) in [7, 11) is 0. The number of carbonyl (C=O) groups is 1. The standard InChI is InChI=1S/C13H11N3O4S/c1-7-5-8(2)15-12(11(7)13(17)18)21-10-4-3-9(6-14-10)16(19)20/h3-6H,1-2H3,(H,17,18). The molecule has 0 spiro atoms. The van der Waals surface area contributed by atoms with Gasteiger partial charge in [0, 0.05) is 11.8 Å². The quantitative estimate of drug-likeness (QED) is 0.683. The molecule has 2 aromatic heterocycles. The largest absolute Gasteiger partial charge is 0.478 e. The molecule has 21 heavy (non-hydrogen) atoms. The van der Waals surface area contributed by atoms with E-state index < -0.39 is 10.9 Å². The SMILES string of the molecule is Cc1cc(C)c(C(=O)O)c(Sc2ccc([N+](=O)[O-])cn2)n1. The highest BCUT2D eigenvalue weighted by atomic mass is 32.2. The van der Waals surface area contributed by atoms with E-state index in [1.54, 1.807) is 19.9 Å². The third-order valence-electron chi connectivity index (χ3n) is 2.66. The third-order valence-corrected chi connectivity index (χ3v) is 3.60. The van der Waals surface area contributed by atoms with Crippen LogP contribution >= 0.6 is 11.8 Å². The molecular weight excluding hydrogens is 294 g/mol. The van der Waals surface area contributed by atoms with Crippen molar-refractivity contribution < 1.29 is 14.8 Å². The van der Waals surface area contributed by atoms with E-state index in [1.165, 1.54) is 12.1 Å². The normalized spacial score (nSPS) is 10.4. The van der Waals surface area contributed by atoms with Crippen LogP contribution in [0.2, 0.25) is 0 Å². The van der Waals surface area contributed by atoms with Gasteiger partial charge in [-0.2, -0.15) is 0 Å². The van der Waals surface area contributed by atoms with Crippen molar-refractivity contribution in [2.24, 2.45) is 0 Å². The van der Waals surface area contributed by atoms with Crippen LogP contribution in [0.1, 0.15) is 21.6 Å². The second-order valence-electron chi connectivity index (χ2n) is 4.28. The van der Waals surface area contributed by atoms with Crippen molar-refractivity contribution in [1.29, 1.82) is 0 Å². The van der Waals surface area contributed by atoms with E-state index in [0.717, 1.165) is 18.0 Å². The zero-order chi connectivity index (χ0) is 15.6. The monoisotopic (exact) mass is 305 g/mol. The maximum absolute atomic E-state index is 11.3. The Labute approximate surface area is 124 Å². The average Bonchev–Trinajstić information content (AvgIpc) is 2.37. The van der Waals surface area contributed by atoms with Crippen LogP contribution in [0.4, 0.5) is 5.69 Å². The van der Waals surface area contributed by atoms with Gasteiger partial charge in [-0.3, -0.25) is 10.1 Å². The number of aromatic carboxylic acids is 1. The summed E-state index contributed by atoms with van der Waals surface area (Å²) in [5.41, 5.74) is 1.30. The van der Waals surface area contributed by atoms with Crippen LogP contribution < -0.4 is 0 Å². The molecule has 108 valence electrons. The number of nitrogens with zero attached hydrogens (tertiary/aromatic N) is 3. The third kappa shape index (κ3) is 3.34. The van der Waals surface area contributed by atoms with Gasteiger partial charge in [0.15, 0.2) is 0 Å². The van der Waals surface area contributed by atoms with Gasteiger partial charge < -0.3 is 5.11 Å². The molecule has 2 heterocycles. The van der Waals surface area contributed by atoms with Crippen molar-refractivity contribution in [1.82, 2.24) is 9.97 Å². The fraction of sp³-hybridized carbons (Fsp3) is 0.154. The highest BCUT2D eigenvalue weighted by Gasteiger charge is 2.17. The Balaban J connectivity index is 2.39. The van der Waals surface area contributed by atoms with Crippen molar-refractivity contribution in [2.75, 3.05) is 0 Å². The summed E-state index contributed by atoms with van der Waals surface area (Å²) >= 11 is 1.07. The van der Waals surface area contributed by atoms with Gasteiger partial charge in [0.05, 0.1) is 10.5 Å². The first-order chi connectivity index (χ1) is 9.88. The summed E-state index contributed by atoms with van der Waals surface area (Å²) < 4.78 is 0. The Morgan fingerprint density at radius 2 is 2.10 bits per heavy atom. The molecule has 2 aromatic rings. The fourth-order valence-corrected chi connectivity index (χ4v) is 2.76. The number of rotatable bonds is 4. The van der Waals surface area contributed by atoms with E-state index in [0.29, 0.717) is 21.3 Å². The molecule has 0 bridgehead atoms. The van der Waals surface area contributed by atoms with Crippen molar-refractivity contribution >= 4 is 23.4 Å². The Bertz CT molecular complexity index is 716. The van der Waals surface area contributed by atoms with Crippen LogP contribution in [0.3, 0.4) is 0 Å². The molecule has 2 rings (SSSR count). The zero-order valence-electron chi connectivity index (χ0n) is 11.2. The molecule has 7 nitrogen and oxygen atoms in total. The Kier molecular flexibility index (Phi) is 4.18. The average molecular weight is 305 g/mol. The minimum Gasteiger partial charge on any atom is -0.478 e. The summed E-state index contributed by atoms with van der Waals surface area (Å²) in [6.07, 6.45) is 1.13. The maximum atomic E-state index is 11.3. The lowest BCUT2D eigenvalue weighted by molar-refractivity contribution is -0.385. The summed E-state index contributed by atoms with van der Waals surface area (Å²) in [4.78, 5) is 29.5. The zero-order valence-corrected chi connectivity index (χ0v) is 12.0. The van der Waals surface area contributed by atoms with Gasteiger partial charge in [0.25, 0.3) is 5.69 Å². The smallest absolute Gasteiger partial charge is 0.338 e. The second-order valence-corrected chi connectivity index (χ2v) is 5.29. The van der Waals surface area contributed by atoms with Crippen LogP contribution in [-0.2, 0) is 0 Å². The van der Waals surface area contributed by atoms with Crippen LogP contribution in [0.15, 0.2) is 34.4 Å². The molecule has 0 saturated heterocycles. The molecule has 0 saturated carbocycles. The van der Waals surface area contributed by atoms with E-state index in [1.807, 2.05) is 0 Å². The van der Waals surface area contributed by atoms with Gasteiger partial charge in [0.2, 0.25) is 0 Å². The lowest BCUT2D eigenvalue weighted by Gasteiger charge is -2.08. The first-order valence-electron chi connectivity index (χ1n) is 5.88. The molecule has 0 amide bonds. The van der Waals surface area contributed by atoms with E-state index in [4.69, 9.17) is 0 Å². The van der Waals surface area contributed by atoms with E-state index in [9.17, 15) is 20.0 Å². The Morgan fingerprint density at radius 3 is 2.62 bits per heavy atom. The van der Waals surface area contributed by atoms with Gasteiger partial charge >= 0.3 is 5.97 Å². The lowest BCUT2D eigenvalue weighted by atomic mass is 10.1. The van der Waals surface area contributed by atoms with Crippen LogP contribution in [-0.4, -0.2) is 26.0 Å². The van der Waals surface area contributed by atoms with Crippen LogP contribution in [0.5, 0.6) is 0 Å².